The van der Waals surface area contributed by atoms with Crippen molar-refractivity contribution < 1.29 is 17.8 Å². The summed E-state index contributed by atoms with van der Waals surface area (Å²) in [6.45, 7) is 5.60. The van der Waals surface area contributed by atoms with Gasteiger partial charge in [-0.2, -0.15) is 8.42 Å². The maximum absolute atomic E-state index is 12.7. The Morgan fingerprint density at radius 3 is 2.25 bits per heavy atom. The van der Waals surface area contributed by atoms with Crippen LogP contribution in [0.2, 0.25) is 0 Å². The van der Waals surface area contributed by atoms with Crippen molar-refractivity contribution in [2.75, 3.05) is 0 Å². The molecule has 0 fully saturated rings. The zero-order valence-electron chi connectivity index (χ0n) is 18.4. The molecule has 0 bridgehead atoms. The first-order chi connectivity index (χ1) is 15.0. The Bertz CT molecular complexity index is 1150. The minimum Gasteiger partial charge on any atom is -0.346 e. The van der Waals surface area contributed by atoms with Gasteiger partial charge in [-0.05, 0) is 23.1 Å². The monoisotopic (exact) mass is 472 g/mol. The quantitative estimate of drug-likeness (QED) is 0.468. The highest BCUT2D eigenvalue weighted by Gasteiger charge is 2.26. The van der Waals surface area contributed by atoms with E-state index in [1.807, 2.05) is 56.5 Å². The first kappa shape index (κ1) is 24.1. The molecule has 0 aliphatic heterocycles. The molecule has 1 aromatic heterocycles. The van der Waals surface area contributed by atoms with Crippen LogP contribution in [-0.2, 0) is 33.5 Å². The molecule has 0 saturated heterocycles. The Balaban J connectivity index is 1.80. The summed E-state index contributed by atoms with van der Waals surface area (Å²) < 4.78 is 31.2. The number of amides is 1. The van der Waals surface area contributed by atoms with E-state index in [0.717, 1.165) is 22.7 Å². The van der Waals surface area contributed by atoms with E-state index in [2.05, 4.69) is 17.4 Å². The number of carbonyl (C=O) groups is 1. The van der Waals surface area contributed by atoms with Crippen LogP contribution in [0.4, 0.5) is 0 Å². The summed E-state index contributed by atoms with van der Waals surface area (Å²) in [5.74, 6) is -0.488. The molecule has 0 radical (unpaired) electrons. The average molecular weight is 473 g/mol. The highest BCUT2D eigenvalue weighted by molar-refractivity contribution is 7.85. The lowest BCUT2D eigenvalue weighted by molar-refractivity contribution is -0.129. The number of thiazole rings is 1. The second-order valence-corrected chi connectivity index (χ2v) is 11.2. The molecule has 3 rings (SSSR count). The van der Waals surface area contributed by atoms with E-state index in [9.17, 15) is 13.2 Å². The topological polar surface area (TPSA) is 96.4 Å². The van der Waals surface area contributed by atoms with Gasteiger partial charge in [0.2, 0.25) is 5.91 Å². The van der Waals surface area contributed by atoms with Crippen molar-refractivity contribution in [1.82, 2.24) is 10.3 Å². The largest absolute Gasteiger partial charge is 0.346 e. The van der Waals surface area contributed by atoms with Crippen molar-refractivity contribution in [1.29, 1.82) is 0 Å². The van der Waals surface area contributed by atoms with Gasteiger partial charge in [0.05, 0.1) is 11.7 Å². The summed E-state index contributed by atoms with van der Waals surface area (Å²) in [6, 6.07) is 16.8. The Morgan fingerprint density at radius 1 is 1.03 bits per heavy atom. The van der Waals surface area contributed by atoms with Crippen LogP contribution in [0.5, 0.6) is 0 Å². The van der Waals surface area contributed by atoms with Crippen LogP contribution in [0.3, 0.4) is 0 Å². The second-order valence-electron chi connectivity index (χ2n) is 8.86. The van der Waals surface area contributed by atoms with E-state index in [1.54, 1.807) is 12.1 Å². The Morgan fingerprint density at radius 2 is 1.66 bits per heavy atom. The molecule has 2 N–H and O–H groups in total. The number of rotatable bonds is 8. The molecule has 0 spiro atoms. The molecule has 1 amide bonds. The van der Waals surface area contributed by atoms with Gasteiger partial charge < -0.3 is 5.32 Å². The molecule has 32 heavy (non-hydrogen) atoms. The number of carbonyl (C=O) groups excluding carboxylic acids is 1. The number of nitrogens with one attached hydrogen (secondary N) is 1. The molecule has 2 aromatic carbocycles. The smallest absolute Gasteiger partial charge is 0.269 e. The van der Waals surface area contributed by atoms with E-state index >= 15 is 0 Å². The van der Waals surface area contributed by atoms with Gasteiger partial charge in [-0.1, -0.05) is 75.4 Å². The number of aromatic nitrogens is 1. The molecular formula is C24H28N2O4S2. The van der Waals surface area contributed by atoms with E-state index in [4.69, 9.17) is 9.54 Å². The predicted molar refractivity (Wildman–Crippen MR) is 127 cm³/mol. The summed E-state index contributed by atoms with van der Waals surface area (Å²) in [7, 11) is -4.08. The summed E-state index contributed by atoms with van der Waals surface area (Å²) in [5.41, 5.74) is 3.03. The molecule has 1 heterocycles. The third-order valence-electron chi connectivity index (χ3n) is 4.89. The van der Waals surface area contributed by atoms with Crippen LogP contribution in [0, 0.1) is 5.41 Å². The molecule has 0 aliphatic carbocycles. The lowest BCUT2D eigenvalue weighted by atomic mass is 9.94. The SMILES string of the molecule is CC(C)(C)C(=O)N[C@@H](Cc1ccc(CS(=O)(=O)O)cc1)c1nc(Cc2ccccc2)cs1. The summed E-state index contributed by atoms with van der Waals surface area (Å²) >= 11 is 1.52. The molecule has 170 valence electrons. The summed E-state index contributed by atoms with van der Waals surface area (Å²) in [5, 5.41) is 5.98. The fraction of sp³-hybridized carbons (Fsp3) is 0.333. The van der Waals surface area contributed by atoms with Gasteiger partial charge in [0.15, 0.2) is 0 Å². The number of hydrogen-bond acceptors (Lipinski definition) is 5. The first-order valence-corrected chi connectivity index (χ1v) is 12.8. The van der Waals surface area contributed by atoms with Gasteiger partial charge in [-0.3, -0.25) is 9.35 Å². The van der Waals surface area contributed by atoms with Crippen LogP contribution < -0.4 is 5.32 Å². The number of nitrogens with zero attached hydrogens (tertiary/aromatic N) is 1. The summed E-state index contributed by atoms with van der Waals surface area (Å²) in [6.07, 6.45) is 1.24. The van der Waals surface area contributed by atoms with Crippen LogP contribution in [0.25, 0.3) is 0 Å². The van der Waals surface area contributed by atoms with E-state index < -0.39 is 21.3 Å². The zero-order chi connectivity index (χ0) is 23.4. The molecular weight excluding hydrogens is 444 g/mol. The van der Waals surface area contributed by atoms with Crippen molar-refractivity contribution in [2.45, 2.75) is 45.4 Å². The van der Waals surface area contributed by atoms with Crippen molar-refractivity contribution >= 4 is 27.4 Å². The highest BCUT2D eigenvalue weighted by atomic mass is 32.2. The molecule has 0 aliphatic rings. The van der Waals surface area contributed by atoms with Crippen LogP contribution >= 0.6 is 11.3 Å². The molecule has 3 aromatic rings. The van der Waals surface area contributed by atoms with Gasteiger partial charge in [0.25, 0.3) is 10.1 Å². The van der Waals surface area contributed by atoms with Gasteiger partial charge >= 0.3 is 0 Å². The van der Waals surface area contributed by atoms with Crippen LogP contribution in [0.15, 0.2) is 60.0 Å². The Hall–Kier alpha value is -2.55. The van der Waals surface area contributed by atoms with E-state index in [0.29, 0.717) is 12.0 Å². The second kappa shape index (κ2) is 9.94. The molecule has 0 saturated carbocycles. The third-order valence-corrected chi connectivity index (χ3v) is 6.60. The lowest BCUT2D eigenvalue weighted by Crippen LogP contribution is -2.38. The summed E-state index contributed by atoms with van der Waals surface area (Å²) in [4.78, 5) is 17.5. The Labute approximate surface area is 193 Å². The standard InChI is InChI=1S/C24H28N2O4S2/c1-24(2,3)23(27)26-21(14-18-9-11-19(12-10-18)16-32(28,29)30)22-25-20(15-31-22)13-17-7-5-4-6-8-17/h4-12,15,21H,13-14,16H2,1-3H3,(H,26,27)(H,28,29,30)/t21-/m0/s1. The molecule has 0 unspecified atom stereocenters. The fourth-order valence-electron chi connectivity index (χ4n) is 3.16. The molecule has 8 heteroatoms. The number of benzene rings is 2. The maximum atomic E-state index is 12.7. The van der Waals surface area contributed by atoms with Crippen LogP contribution in [-0.4, -0.2) is 23.9 Å². The molecule has 6 nitrogen and oxygen atoms in total. The third kappa shape index (κ3) is 7.25. The van der Waals surface area contributed by atoms with E-state index in [1.165, 1.54) is 16.9 Å². The lowest BCUT2D eigenvalue weighted by Gasteiger charge is -2.23. The predicted octanol–water partition coefficient (Wildman–Crippen LogP) is 4.57. The van der Waals surface area contributed by atoms with Crippen LogP contribution in [0.1, 0.15) is 54.2 Å². The van der Waals surface area contributed by atoms with E-state index in [-0.39, 0.29) is 11.9 Å². The average Bonchev–Trinajstić information content (AvgIpc) is 3.16. The molecule has 1 atom stereocenters. The van der Waals surface area contributed by atoms with Crippen molar-refractivity contribution in [3.8, 4) is 0 Å². The normalized spacial score (nSPS) is 13.0. The van der Waals surface area contributed by atoms with Gasteiger partial charge in [-0.25, -0.2) is 4.98 Å². The van der Waals surface area contributed by atoms with Gasteiger partial charge in [-0.15, -0.1) is 11.3 Å². The fourth-order valence-corrected chi connectivity index (χ4v) is 4.64. The zero-order valence-corrected chi connectivity index (χ0v) is 20.0. The number of hydrogen-bond donors (Lipinski definition) is 2. The van der Waals surface area contributed by atoms with Gasteiger partial charge in [0.1, 0.15) is 10.8 Å². The maximum Gasteiger partial charge on any atom is 0.269 e. The minimum absolute atomic E-state index is 0.0645. The minimum atomic E-state index is -4.08. The first-order valence-electron chi connectivity index (χ1n) is 10.3. The Kier molecular flexibility index (Phi) is 7.48. The van der Waals surface area contributed by atoms with Crippen molar-refractivity contribution in [3.63, 3.8) is 0 Å². The van der Waals surface area contributed by atoms with Crippen molar-refractivity contribution in [2.24, 2.45) is 5.41 Å². The highest BCUT2D eigenvalue weighted by Crippen LogP contribution is 2.26. The van der Waals surface area contributed by atoms with Crippen molar-refractivity contribution in [3.05, 3.63) is 87.4 Å². The van der Waals surface area contributed by atoms with Gasteiger partial charge in [0, 0.05) is 17.2 Å².